The Balaban J connectivity index is 2.55. The zero-order valence-electron chi connectivity index (χ0n) is 26.0. The lowest BCUT2D eigenvalue weighted by Crippen LogP contribution is -2.60. The number of carbonyl (C=O) groups excluding carboxylic acids is 1. The number of hydrogen-bond donors (Lipinski definition) is 6. The lowest BCUT2D eigenvalue weighted by atomic mass is 9.99. The largest absolute Gasteiger partial charge is 0.394 e. The highest BCUT2D eigenvalue weighted by atomic mass is 16.7. The van der Waals surface area contributed by atoms with Crippen LogP contribution in [0.5, 0.6) is 0 Å². The summed E-state index contributed by atoms with van der Waals surface area (Å²) in [7, 11) is 0. The average molecular weight is 598 g/mol. The Morgan fingerprint density at radius 2 is 1.36 bits per heavy atom. The molecule has 0 saturated carbocycles. The summed E-state index contributed by atoms with van der Waals surface area (Å²) >= 11 is 0. The van der Waals surface area contributed by atoms with Crippen molar-refractivity contribution in [2.45, 2.75) is 153 Å². The molecule has 42 heavy (non-hydrogen) atoms. The van der Waals surface area contributed by atoms with E-state index in [-0.39, 0.29) is 12.5 Å². The van der Waals surface area contributed by atoms with E-state index < -0.39 is 49.5 Å². The second-order valence-corrected chi connectivity index (χ2v) is 11.2. The lowest BCUT2D eigenvalue weighted by Gasteiger charge is -2.40. The molecule has 0 spiro atoms. The summed E-state index contributed by atoms with van der Waals surface area (Å²) in [5.41, 5.74) is 0. The first kappa shape index (κ1) is 38.4. The first-order valence-corrected chi connectivity index (χ1v) is 16.2. The van der Waals surface area contributed by atoms with Crippen LogP contribution in [0.25, 0.3) is 0 Å². The molecule has 1 fully saturated rings. The number of nitrogens with one attached hydrogen (secondary N) is 1. The van der Waals surface area contributed by atoms with Gasteiger partial charge in [0.15, 0.2) is 6.29 Å². The molecule has 1 aliphatic heterocycles. The minimum Gasteiger partial charge on any atom is -0.394 e. The molecule has 7 atom stereocenters. The number of aliphatic hydroxyl groups excluding tert-OH is 5. The number of hydrogen-bond acceptors (Lipinski definition) is 8. The van der Waals surface area contributed by atoms with Gasteiger partial charge in [0, 0.05) is 6.42 Å². The van der Waals surface area contributed by atoms with Crippen molar-refractivity contribution in [1.82, 2.24) is 5.32 Å². The number of allylic oxidation sites excluding steroid dienone is 5. The lowest BCUT2D eigenvalue weighted by molar-refractivity contribution is -0.302. The fourth-order valence-electron chi connectivity index (χ4n) is 4.71. The normalized spacial score (nSPS) is 24.6. The molecule has 0 aromatic rings. The number of unbranched alkanes of at least 4 members (excludes halogenated alkanes) is 10. The maximum atomic E-state index is 12.6. The second-order valence-electron chi connectivity index (χ2n) is 11.2. The number of aliphatic hydroxyl groups is 5. The van der Waals surface area contributed by atoms with Gasteiger partial charge < -0.3 is 40.3 Å². The molecule has 244 valence electrons. The van der Waals surface area contributed by atoms with Crippen LogP contribution in [0, 0.1) is 0 Å². The van der Waals surface area contributed by atoms with E-state index in [2.05, 4.69) is 43.5 Å². The number of rotatable bonds is 24. The van der Waals surface area contributed by atoms with Gasteiger partial charge in [0.2, 0.25) is 5.91 Å². The first-order chi connectivity index (χ1) is 20.3. The molecule has 0 aromatic carbocycles. The van der Waals surface area contributed by atoms with Crippen LogP contribution in [-0.2, 0) is 14.3 Å². The van der Waals surface area contributed by atoms with Gasteiger partial charge in [-0.05, 0) is 44.9 Å². The fraction of sp³-hybridized carbons (Fsp3) is 0.788. The monoisotopic (exact) mass is 597 g/mol. The van der Waals surface area contributed by atoms with Crippen LogP contribution in [0.3, 0.4) is 0 Å². The second kappa shape index (κ2) is 24.8. The van der Waals surface area contributed by atoms with Crippen LogP contribution in [0.4, 0.5) is 0 Å². The van der Waals surface area contributed by atoms with E-state index in [0.717, 1.165) is 64.2 Å². The molecule has 7 unspecified atom stereocenters. The summed E-state index contributed by atoms with van der Waals surface area (Å²) in [4.78, 5) is 12.6. The average Bonchev–Trinajstić information content (AvgIpc) is 2.98. The maximum absolute atomic E-state index is 12.6. The van der Waals surface area contributed by atoms with Crippen LogP contribution in [0.1, 0.15) is 110 Å². The molecule has 1 aliphatic rings. The zero-order valence-corrected chi connectivity index (χ0v) is 26.0. The predicted octanol–water partition coefficient (Wildman–Crippen LogP) is 4.21. The highest BCUT2D eigenvalue weighted by molar-refractivity contribution is 5.76. The Morgan fingerprint density at radius 1 is 0.786 bits per heavy atom. The van der Waals surface area contributed by atoms with Crippen LogP contribution >= 0.6 is 0 Å². The minimum absolute atomic E-state index is 0.207. The zero-order chi connectivity index (χ0) is 31.0. The topological polar surface area (TPSA) is 149 Å². The van der Waals surface area contributed by atoms with E-state index in [1.807, 2.05) is 6.08 Å². The van der Waals surface area contributed by atoms with Crippen molar-refractivity contribution in [2.75, 3.05) is 13.2 Å². The van der Waals surface area contributed by atoms with Gasteiger partial charge in [-0.15, -0.1) is 0 Å². The Hall–Kier alpha value is -1.59. The molecule has 1 amide bonds. The third-order valence-electron chi connectivity index (χ3n) is 7.45. The summed E-state index contributed by atoms with van der Waals surface area (Å²) in [6.45, 7) is 3.58. The van der Waals surface area contributed by atoms with Crippen molar-refractivity contribution < 1.29 is 39.8 Å². The van der Waals surface area contributed by atoms with Crippen LogP contribution in [0.15, 0.2) is 36.5 Å². The summed E-state index contributed by atoms with van der Waals surface area (Å²) in [6.07, 6.45) is 19.5. The van der Waals surface area contributed by atoms with Crippen molar-refractivity contribution in [3.63, 3.8) is 0 Å². The van der Waals surface area contributed by atoms with Crippen LogP contribution in [-0.4, -0.2) is 87.5 Å². The van der Waals surface area contributed by atoms with Gasteiger partial charge in [-0.25, -0.2) is 0 Å². The summed E-state index contributed by atoms with van der Waals surface area (Å²) in [6, 6.07) is -0.818. The molecule has 9 nitrogen and oxygen atoms in total. The van der Waals surface area contributed by atoms with E-state index in [4.69, 9.17) is 9.47 Å². The van der Waals surface area contributed by atoms with Gasteiger partial charge >= 0.3 is 0 Å². The molecular formula is C33H59NO8. The SMILES string of the molecule is CCCCCC/C=C/CC/C=C/CC/C=C/C(O)C(COC1OC(CO)C(O)C(O)C1O)NC(=O)CCCCCCC. The predicted molar refractivity (Wildman–Crippen MR) is 166 cm³/mol. The minimum atomic E-state index is -1.57. The number of ether oxygens (including phenoxy) is 2. The van der Waals surface area contributed by atoms with Gasteiger partial charge in [0.05, 0.1) is 25.4 Å². The first-order valence-electron chi connectivity index (χ1n) is 16.2. The Kier molecular flexibility index (Phi) is 22.7. The van der Waals surface area contributed by atoms with E-state index in [1.165, 1.54) is 25.7 Å². The molecule has 1 heterocycles. The molecule has 1 saturated heterocycles. The van der Waals surface area contributed by atoms with Gasteiger partial charge in [0.25, 0.3) is 0 Å². The Labute approximate surface area is 253 Å². The maximum Gasteiger partial charge on any atom is 0.220 e. The van der Waals surface area contributed by atoms with Crippen molar-refractivity contribution >= 4 is 5.91 Å². The molecule has 0 aromatic heterocycles. The number of amides is 1. The van der Waals surface area contributed by atoms with Gasteiger partial charge in [-0.1, -0.05) is 95.2 Å². The van der Waals surface area contributed by atoms with Crippen LogP contribution < -0.4 is 5.32 Å². The van der Waals surface area contributed by atoms with Gasteiger partial charge in [-0.2, -0.15) is 0 Å². The highest BCUT2D eigenvalue weighted by Crippen LogP contribution is 2.22. The summed E-state index contributed by atoms with van der Waals surface area (Å²) in [5, 5.41) is 53.4. The van der Waals surface area contributed by atoms with E-state index in [9.17, 15) is 30.3 Å². The van der Waals surface area contributed by atoms with Crippen molar-refractivity contribution in [3.8, 4) is 0 Å². The fourth-order valence-corrected chi connectivity index (χ4v) is 4.71. The van der Waals surface area contributed by atoms with Gasteiger partial charge in [0.1, 0.15) is 24.4 Å². The summed E-state index contributed by atoms with van der Waals surface area (Å²) < 4.78 is 11.0. The molecule has 0 aliphatic carbocycles. The van der Waals surface area contributed by atoms with E-state index >= 15 is 0 Å². The van der Waals surface area contributed by atoms with E-state index in [1.54, 1.807) is 6.08 Å². The highest BCUT2D eigenvalue weighted by Gasteiger charge is 2.44. The molecule has 1 rings (SSSR count). The standard InChI is InChI=1S/C33H59NO8/c1-3-5-7-9-10-11-12-13-14-15-16-17-19-20-22-27(36)26(34-29(37)23-21-18-8-6-4-2)25-41-33-32(40)31(39)30(38)28(24-35)42-33/h11-12,15-16,20,22,26-28,30-33,35-36,38-40H,3-10,13-14,17-19,21,23-25H2,1-2H3,(H,34,37)/b12-11+,16-15+,22-20+. The number of carbonyl (C=O) groups is 1. The smallest absolute Gasteiger partial charge is 0.220 e. The van der Waals surface area contributed by atoms with Gasteiger partial charge in [-0.3, -0.25) is 4.79 Å². The molecule has 6 N–H and O–H groups in total. The van der Waals surface area contributed by atoms with Crippen LogP contribution in [0.2, 0.25) is 0 Å². The molecular weight excluding hydrogens is 538 g/mol. The third-order valence-corrected chi connectivity index (χ3v) is 7.45. The third kappa shape index (κ3) is 16.9. The van der Waals surface area contributed by atoms with E-state index in [0.29, 0.717) is 6.42 Å². The van der Waals surface area contributed by atoms with Crippen molar-refractivity contribution in [3.05, 3.63) is 36.5 Å². The molecule has 0 radical (unpaired) electrons. The molecule has 0 bridgehead atoms. The quantitative estimate of drug-likeness (QED) is 0.0716. The summed E-state index contributed by atoms with van der Waals surface area (Å²) in [5.74, 6) is -0.209. The van der Waals surface area contributed by atoms with Crippen molar-refractivity contribution in [2.24, 2.45) is 0 Å². The Morgan fingerprint density at radius 3 is 1.98 bits per heavy atom. The Bertz CT molecular complexity index is 756. The van der Waals surface area contributed by atoms with Crippen molar-refractivity contribution in [1.29, 1.82) is 0 Å². The molecule has 9 heteroatoms.